The molecule has 0 aromatic heterocycles. The van der Waals surface area contributed by atoms with Gasteiger partial charge in [0.05, 0.1) is 12.0 Å². The van der Waals surface area contributed by atoms with Gasteiger partial charge in [0, 0.05) is 55.8 Å². The first-order valence-corrected chi connectivity index (χ1v) is 8.15. The number of esters is 1. The summed E-state index contributed by atoms with van der Waals surface area (Å²) in [6.07, 6.45) is 0. The van der Waals surface area contributed by atoms with Crippen LogP contribution in [-0.4, -0.2) is 49.3 Å². The lowest BCUT2D eigenvalue weighted by molar-refractivity contribution is -0.384. The Morgan fingerprint density at radius 2 is 1.58 bits per heavy atom. The Morgan fingerprint density at radius 1 is 1.04 bits per heavy atom. The van der Waals surface area contributed by atoms with Crippen LogP contribution >= 0.6 is 0 Å². The number of benzene rings is 2. The Labute approximate surface area is 150 Å². The van der Waals surface area contributed by atoms with E-state index in [1.807, 2.05) is 0 Å². The van der Waals surface area contributed by atoms with E-state index in [4.69, 9.17) is 0 Å². The zero-order valence-electron chi connectivity index (χ0n) is 14.3. The molecule has 136 valence electrons. The van der Waals surface area contributed by atoms with Crippen molar-refractivity contribution in [2.24, 2.45) is 0 Å². The fourth-order valence-electron chi connectivity index (χ4n) is 3.01. The Kier molecular flexibility index (Phi) is 4.92. The number of nitrogens with zero attached hydrogens (tertiary/aromatic N) is 3. The van der Waals surface area contributed by atoms with Gasteiger partial charge in [-0.2, -0.15) is 0 Å². The van der Waals surface area contributed by atoms with E-state index in [-0.39, 0.29) is 17.0 Å². The number of phenols is 1. The number of nitro benzene ring substituents is 1. The van der Waals surface area contributed by atoms with Crippen LogP contribution in [0.4, 0.5) is 17.1 Å². The van der Waals surface area contributed by atoms with Crippen molar-refractivity contribution in [3.8, 4) is 5.75 Å². The molecule has 1 N–H and O–H groups in total. The molecule has 26 heavy (non-hydrogen) atoms. The molecule has 1 fully saturated rings. The molecule has 0 aliphatic carbocycles. The number of ether oxygens (including phenoxy) is 1. The number of piperazine rings is 1. The first-order valence-electron chi connectivity index (χ1n) is 8.15. The molecule has 3 rings (SSSR count). The zero-order chi connectivity index (χ0) is 18.7. The van der Waals surface area contributed by atoms with Crippen molar-refractivity contribution in [3.05, 3.63) is 58.1 Å². The molecule has 0 amide bonds. The van der Waals surface area contributed by atoms with Crippen molar-refractivity contribution >= 4 is 23.0 Å². The molecule has 1 heterocycles. The van der Waals surface area contributed by atoms with Gasteiger partial charge in [-0.1, -0.05) is 0 Å². The number of hydrogen-bond acceptors (Lipinski definition) is 7. The molecule has 2 aromatic rings. The average Bonchev–Trinajstić information content (AvgIpc) is 2.67. The van der Waals surface area contributed by atoms with E-state index in [0.29, 0.717) is 0 Å². The molecule has 0 saturated carbocycles. The van der Waals surface area contributed by atoms with E-state index in [2.05, 4.69) is 14.5 Å². The highest BCUT2D eigenvalue weighted by Crippen LogP contribution is 2.27. The second kappa shape index (κ2) is 7.30. The van der Waals surface area contributed by atoms with Crippen LogP contribution in [0.5, 0.6) is 5.75 Å². The number of carbonyl (C=O) groups excluding carboxylic acids is 1. The van der Waals surface area contributed by atoms with Crippen molar-refractivity contribution in [2.75, 3.05) is 43.1 Å². The Hall–Kier alpha value is -3.29. The molecule has 2 aromatic carbocycles. The monoisotopic (exact) mass is 357 g/mol. The average molecular weight is 357 g/mol. The number of non-ortho nitro benzene ring substituents is 1. The lowest BCUT2D eigenvalue weighted by Gasteiger charge is -2.37. The summed E-state index contributed by atoms with van der Waals surface area (Å²) in [5.74, 6) is -0.677. The van der Waals surface area contributed by atoms with E-state index in [1.165, 1.54) is 19.2 Å². The summed E-state index contributed by atoms with van der Waals surface area (Å²) >= 11 is 0. The van der Waals surface area contributed by atoms with Crippen molar-refractivity contribution < 1.29 is 19.6 Å². The third kappa shape index (κ3) is 3.53. The molecule has 0 unspecified atom stereocenters. The van der Waals surface area contributed by atoms with Crippen molar-refractivity contribution in [3.63, 3.8) is 0 Å². The Balaban J connectivity index is 1.65. The number of hydrogen-bond donors (Lipinski definition) is 1. The van der Waals surface area contributed by atoms with Gasteiger partial charge in [0.1, 0.15) is 11.3 Å². The van der Waals surface area contributed by atoms with Crippen LogP contribution in [0.1, 0.15) is 10.4 Å². The fraction of sp³-hybridized carbons (Fsp3) is 0.278. The minimum Gasteiger partial charge on any atom is -0.507 e. The van der Waals surface area contributed by atoms with Gasteiger partial charge in [-0.3, -0.25) is 10.1 Å². The van der Waals surface area contributed by atoms with Gasteiger partial charge in [0.25, 0.3) is 5.69 Å². The number of carbonyl (C=O) groups is 1. The quantitative estimate of drug-likeness (QED) is 0.510. The predicted octanol–water partition coefficient (Wildman–Crippen LogP) is 2.41. The molecule has 8 nitrogen and oxygen atoms in total. The summed E-state index contributed by atoms with van der Waals surface area (Å²) < 4.78 is 4.63. The summed E-state index contributed by atoms with van der Waals surface area (Å²) in [5, 5.41) is 20.8. The van der Waals surface area contributed by atoms with E-state index in [1.54, 1.807) is 30.3 Å². The molecule has 1 aliphatic heterocycles. The zero-order valence-corrected chi connectivity index (χ0v) is 14.3. The minimum atomic E-state index is -0.572. The highest BCUT2D eigenvalue weighted by molar-refractivity contribution is 5.93. The van der Waals surface area contributed by atoms with Crippen LogP contribution in [0, 0.1) is 10.1 Å². The van der Waals surface area contributed by atoms with Crippen LogP contribution < -0.4 is 9.80 Å². The first kappa shape index (κ1) is 17.5. The Bertz CT molecular complexity index is 814. The van der Waals surface area contributed by atoms with Gasteiger partial charge >= 0.3 is 5.97 Å². The number of nitro groups is 1. The smallest absolute Gasteiger partial charge is 0.341 e. The van der Waals surface area contributed by atoms with Gasteiger partial charge in [0.2, 0.25) is 0 Å². The number of aromatic hydroxyl groups is 1. The molecule has 1 saturated heterocycles. The molecule has 8 heteroatoms. The molecular weight excluding hydrogens is 338 g/mol. The van der Waals surface area contributed by atoms with Crippen molar-refractivity contribution in [2.45, 2.75) is 0 Å². The van der Waals surface area contributed by atoms with Crippen LogP contribution in [-0.2, 0) is 4.74 Å². The van der Waals surface area contributed by atoms with Gasteiger partial charge in [-0.25, -0.2) is 4.79 Å². The fourth-order valence-corrected chi connectivity index (χ4v) is 3.01. The normalized spacial score (nSPS) is 14.2. The molecule has 0 spiro atoms. The number of anilines is 2. The molecule has 1 aliphatic rings. The van der Waals surface area contributed by atoms with Gasteiger partial charge in [0.15, 0.2) is 0 Å². The number of phenolic OH excluding ortho intramolecular Hbond substituents is 1. The van der Waals surface area contributed by atoms with Gasteiger partial charge in [-0.15, -0.1) is 0 Å². The van der Waals surface area contributed by atoms with E-state index in [9.17, 15) is 20.0 Å². The molecule has 0 radical (unpaired) electrons. The second-order valence-corrected chi connectivity index (χ2v) is 5.94. The maximum atomic E-state index is 11.5. The minimum absolute atomic E-state index is 0.0774. The molecule has 0 atom stereocenters. The first-order chi connectivity index (χ1) is 12.5. The highest BCUT2D eigenvalue weighted by atomic mass is 16.6. The summed E-state index contributed by atoms with van der Waals surface area (Å²) in [5.41, 5.74) is 1.99. The van der Waals surface area contributed by atoms with Gasteiger partial charge < -0.3 is 19.6 Å². The maximum absolute atomic E-state index is 11.5. The Morgan fingerprint density at radius 3 is 2.08 bits per heavy atom. The third-order valence-electron chi connectivity index (χ3n) is 4.46. The largest absolute Gasteiger partial charge is 0.507 e. The third-order valence-corrected chi connectivity index (χ3v) is 4.46. The van der Waals surface area contributed by atoms with Crippen molar-refractivity contribution in [1.82, 2.24) is 0 Å². The number of methoxy groups -OCH3 is 1. The van der Waals surface area contributed by atoms with Crippen LogP contribution in [0.3, 0.4) is 0 Å². The lowest BCUT2D eigenvalue weighted by Crippen LogP contribution is -2.46. The van der Waals surface area contributed by atoms with E-state index < -0.39 is 10.9 Å². The summed E-state index contributed by atoms with van der Waals surface area (Å²) in [7, 11) is 1.27. The summed E-state index contributed by atoms with van der Waals surface area (Å²) in [6, 6.07) is 11.4. The molecular formula is C18H19N3O5. The lowest BCUT2D eigenvalue weighted by atomic mass is 10.1. The maximum Gasteiger partial charge on any atom is 0.341 e. The van der Waals surface area contributed by atoms with Crippen LogP contribution in [0.15, 0.2) is 42.5 Å². The van der Waals surface area contributed by atoms with E-state index in [0.717, 1.165) is 37.6 Å². The number of rotatable bonds is 4. The highest BCUT2D eigenvalue weighted by Gasteiger charge is 2.20. The summed E-state index contributed by atoms with van der Waals surface area (Å²) in [6.45, 7) is 2.96. The van der Waals surface area contributed by atoms with E-state index >= 15 is 0 Å². The topological polar surface area (TPSA) is 96.2 Å². The summed E-state index contributed by atoms with van der Waals surface area (Å²) in [4.78, 5) is 26.1. The standard InChI is InChI=1S/C18H19N3O5/c1-26-18(23)16-7-6-15(12-17(16)22)20-10-8-19(9-11-20)13-2-4-14(5-3-13)21(24)25/h2-7,12,22H,8-11H2,1H3. The van der Waals surface area contributed by atoms with Crippen molar-refractivity contribution in [1.29, 1.82) is 0 Å². The molecule has 0 bridgehead atoms. The SMILES string of the molecule is COC(=O)c1ccc(N2CCN(c3ccc([N+](=O)[O-])cc3)CC2)cc1O. The predicted molar refractivity (Wildman–Crippen MR) is 97.0 cm³/mol. The van der Waals surface area contributed by atoms with Crippen LogP contribution in [0.2, 0.25) is 0 Å². The van der Waals surface area contributed by atoms with Crippen LogP contribution in [0.25, 0.3) is 0 Å². The van der Waals surface area contributed by atoms with Gasteiger partial charge in [-0.05, 0) is 24.3 Å². The second-order valence-electron chi connectivity index (χ2n) is 5.94.